The summed E-state index contributed by atoms with van der Waals surface area (Å²) >= 11 is 5.57. The van der Waals surface area contributed by atoms with E-state index in [0.29, 0.717) is 5.92 Å². The molecule has 0 spiro atoms. The second kappa shape index (κ2) is 6.15. The maximum absolute atomic E-state index is 5.57. The molecule has 1 N–H and O–H groups in total. The molecule has 1 aliphatic heterocycles. The monoisotopic (exact) mass is 275 g/mol. The summed E-state index contributed by atoms with van der Waals surface area (Å²) in [5, 5.41) is 4.48. The van der Waals surface area contributed by atoms with Crippen LogP contribution in [0.4, 0.5) is 0 Å². The van der Waals surface area contributed by atoms with Crippen LogP contribution in [0.15, 0.2) is 35.4 Å². The van der Waals surface area contributed by atoms with Gasteiger partial charge in [0, 0.05) is 19.0 Å². The number of thiocarbonyl (C=S) groups is 1. The summed E-state index contributed by atoms with van der Waals surface area (Å²) in [7, 11) is 0. The maximum Gasteiger partial charge on any atom is 0.125 e. The van der Waals surface area contributed by atoms with Crippen molar-refractivity contribution in [2.75, 3.05) is 13.1 Å². The zero-order chi connectivity index (χ0) is 13.8. The van der Waals surface area contributed by atoms with Gasteiger partial charge < -0.3 is 10.3 Å². The van der Waals surface area contributed by atoms with Gasteiger partial charge in [-0.15, -0.1) is 0 Å². The number of hydrazone groups is 1. The predicted molar refractivity (Wildman–Crippen MR) is 84.4 cm³/mol. The average molecular weight is 275 g/mol. The molecule has 19 heavy (non-hydrogen) atoms. The van der Waals surface area contributed by atoms with Crippen LogP contribution in [-0.4, -0.2) is 28.7 Å². The molecule has 1 aromatic carbocycles. The third kappa shape index (κ3) is 2.78. The Morgan fingerprint density at radius 3 is 2.47 bits per heavy atom. The zero-order valence-corrected chi connectivity index (χ0v) is 12.6. The van der Waals surface area contributed by atoms with Crippen molar-refractivity contribution in [3.05, 3.63) is 35.9 Å². The highest BCUT2D eigenvalue weighted by molar-refractivity contribution is 7.82. The van der Waals surface area contributed by atoms with E-state index < -0.39 is 0 Å². The van der Waals surface area contributed by atoms with Gasteiger partial charge in [0.15, 0.2) is 0 Å². The van der Waals surface area contributed by atoms with Gasteiger partial charge in [-0.2, -0.15) is 5.10 Å². The minimum atomic E-state index is 0.227. The van der Waals surface area contributed by atoms with Crippen molar-refractivity contribution in [1.82, 2.24) is 10.3 Å². The van der Waals surface area contributed by atoms with E-state index in [0.717, 1.165) is 23.8 Å². The highest BCUT2D eigenvalue weighted by Crippen LogP contribution is 2.28. The lowest BCUT2D eigenvalue weighted by Gasteiger charge is -2.24. The fourth-order valence-corrected chi connectivity index (χ4v) is 2.94. The minimum absolute atomic E-state index is 0.227. The normalized spacial score (nSPS) is 21.7. The molecule has 1 aliphatic rings. The van der Waals surface area contributed by atoms with Crippen LogP contribution < -0.4 is 5.43 Å². The number of hydrogen-bond donors (Lipinski definition) is 1. The standard InChI is InChI=1S/C15H21N3S/c1-4-18(5-2)15(19)14-11(3)13(16-17-14)12-9-7-6-8-10-12/h6-11,13,16H,4-5H2,1-3H3. The van der Waals surface area contributed by atoms with E-state index in [1.165, 1.54) is 5.56 Å². The van der Waals surface area contributed by atoms with Gasteiger partial charge in [-0.1, -0.05) is 49.5 Å². The summed E-state index contributed by atoms with van der Waals surface area (Å²) in [6.45, 7) is 8.29. The third-order valence-corrected chi connectivity index (χ3v) is 4.15. The molecule has 0 amide bonds. The quantitative estimate of drug-likeness (QED) is 0.856. The number of nitrogens with zero attached hydrogens (tertiary/aromatic N) is 2. The second-order valence-electron chi connectivity index (χ2n) is 4.78. The molecule has 2 atom stereocenters. The molecule has 0 saturated carbocycles. The topological polar surface area (TPSA) is 27.6 Å². The molecule has 0 aromatic heterocycles. The van der Waals surface area contributed by atoms with Crippen molar-refractivity contribution in [3.63, 3.8) is 0 Å². The number of rotatable bonds is 4. The van der Waals surface area contributed by atoms with E-state index in [2.05, 4.69) is 60.5 Å². The molecule has 2 unspecified atom stereocenters. The molecule has 4 heteroatoms. The van der Waals surface area contributed by atoms with E-state index in [1.54, 1.807) is 0 Å². The number of hydrogen-bond acceptors (Lipinski definition) is 3. The fourth-order valence-electron chi connectivity index (χ4n) is 2.45. The highest BCUT2D eigenvalue weighted by Gasteiger charge is 2.32. The first-order valence-electron chi connectivity index (χ1n) is 6.86. The van der Waals surface area contributed by atoms with E-state index in [-0.39, 0.29) is 6.04 Å². The van der Waals surface area contributed by atoms with Crippen LogP contribution in [0.3, 0.4) is 0 Å². The zero-order valence-electron chi connectivity index (χ0n) is 11.8. The summed E-state index contributed by atoms with van der Waals surface area (Å²) < 4.78 is 0. The Morgan fingerprint density at radius 1 is 1.26 bits per heavy atom. The first kappa shape index (κ1) is 14.0. The molecule has 0 radical (unpaired) electrons. The van der Waals surface area contributed by atoms with Crippen LogP contribution in [0.5, 0.6) is 0 Å². The molecular weight excluding hydrogens is 254 g/mol. The minimum Gasteiger partial charge on any atom is -0.362 e. The van der Waals surface area contributed by atoms with Gasteiger partial charge >= 0.3 is 0 Å². The van der Waals surface area contributed by atoms with Gasteiger partial charge in [-0.25, -0.2) is 0 Å². The largest absolute Gasteiger partial charge is 0.362 e. The molecule has 0 fully saturated rings. The van der Waals surface area contributed by atoms with Gasteiger partial charge in [0.1, 0.15) is 4.99 Å². The molecule has 0 bridgehead atoms. The highest BCUT2D eigenvalue weighted by atomic mass is 32.1. The first-order valence-corrected chi connectivity index (χ1v) is 7.27. The summed E-state index contributed by atoms with van der Waals surface area (Å²) in [4.78, 5) is 3.06. The van der Waals surface area contributed by atoms with Gasteiger partial charge in [0.25, 0.3) is 0 Å². The lowest BCUT2D eigenvalue weighted by atomic mass is 9.92. The average Bonchev–Trinajstić information content (AvgIpc) is 2.83. The molecule has 1 heterocycles. The molecule has 3 nitrogen and oxygen atoms in total. The van der Waals surface area contributed by atoms with E-state index in [9.17, 15) is 0 Å². The number of nitrogens with one attached hydrogen (secondary N) is 1. The van der Waals surface area contributed by atoms with Crippen molar-refractivity contribution < 1.29 is 0 Å². The summed E-state index contributed by atoms with van der Waals surface area (Å²) in [6, 6.07) is 10.6. The van der Waals surface area contributed by atoms with Crippen molar-refractivity contribution in [2.45, 2.75) is 26.8 Å². The second-order valence-corrected chi connectivity index (χ2v) is 5.17. The van der Waals surface area contributed by atoms with Crippen LogP contribution in [0.1, 0.15) is 32.4 Å². The van der Waals surface area contributed by atoms with Crippen LogP contribution >= 0.6 is 12.2 Å². The Hall–Kier alpha value is -1.42. The SMILES string of the molecule is CCN(CC)C(=S)C1=NNC(c2ccccc2)C1C. The van der Waals surface area contributed by atoms with E-state index >= 15 is 0 Å². The van der Waals surface area contributed by atoms with Crippen molar-refractivity contribution in [2.24, 2.45) is 11.0 Å². The Labute approximate surface area is 120 Å². The first-order chi connectivity index (χ1) is 9.19. The van der Waals surface area contributed by atoms with Crippen LogP contribution in [-0.2, 0) is 0 Å². The fraction of sp³-hybridized carbons (Fsp3) is 0.467. The molecular formula is C15H21N3S. The van der Waals surface area contributed by atoms with Crippen molar-refractivity contribution in [1.29, 1.82) is 0 Å². The van der Waals surface area contributed by atoms with Crippen molar-refractivity contribution >= 4 is 22.9 Å². The summed E-state index contributed by atoms with van der Waals surface area (Å²) in [6.07, 6.45) is 0. The molecule has 1 aromatic rings. The van der Waals surface area contributed by atoms with Crippen molar-refractivity contribution in [3.8, 4) is 0 Å². The van der Waals surface area contributed by atoms with E-state index in [1.807, 2.05) is 6.07 Å². The third-order valence-electron chi connectivity index (χ3n) is 3.68. The van der Waals surface area contributed by atoms with Gasteiger partial charge in [0.05, 0.1) is 11.8 Å². The molecule has 0 saturated heterocycles. The Kier molecular flexibility index (Phi) is 4.53. The van der Waals surface area contributed by atoms with Crippen LogP contribution in [0.25, 0.3) is 0 Å². The Morgan fingerprint density at radius 2 is 1.89 bits per heavy atom. The molecule has 102 valence electrons. The smallest absolute Gasteiger partial charge is 0.125 e. The molecule has 2 rings (SSSR count). The molecule has 0 aliphatic carbocycles. The van der Waals surface area contributed by atoms with Gasteiger partial charge in [-0.3, -0.25) is 0 Å². The van der Waals surface area contributed by atoms with E-state index in [4.69, 9.17) is 12.2 Å². The number of benzene rings is 1. The van der Waals surface area contributed by atoms with Crippen LogP contribution in [0, 0.1) is 5.92 Å². The maximum atomic E-state index is 5.57. The lowest BCUT2D eigenvalue weighted by molar-refractivity contribution is 0.475. The predicted octanol–water partition coefficient (Wildman–Crippen LogP) is 2.99. The van der Waals surface area contributed by atoms with Gasteiger partial charge in [-0.05, 0) is 19.4 Å². The van der Waals surface area contributed by atoms with Crippen LogP contribution in [0.2, 0.25) is 0 Å². The Bertz CT molecular complexity index is 466. The summed E-state index contributed by atoms with van der Waals surface area (Å²) in [5.41, 5.74) is 5.50. The summed E-state index contributed by atoms with van der Waals surface area (Å²) in [5.74, 6) is 0.301. The lowest BCUT2D eigenvalue weighted by Crippen LogP contribution is -2.37. The van der Waals surface area contributed by atoms with Gasteiger partial charge in [0.2, 0.25) is 0 Å². The Balaban J connectivity index is 2.13.